The molecule has 9 heteroatoms. The SMILES string of the molecule is CCN(Cc1cnc(S(=O)(=O)Cc2ccccc2)n1C[C@H]1CCCO1)C(=O)c1cccc(F)c1. The number of rotatable bonds is 9. The van der Waals surface area contributed by atoms with Crippen molar-refractivity contribution >= 4 is 15.7 Å². The Labute approximate surface area is 199 Å². The lowest BCUT2D eigenvalue weighted by Crippen LogP contribution is -2.32. The van der Waals surface area contributed by atoms with Gasteiger partial charge in [0.1, 0.15) is 5.82 Å². The summed E-state index contributed by atoms with van der Waals surface area (Å²) in [5, 5.41) is -0.0314. The van der Waals surface area contributed by atoms with Gasteiger partial charge in [0.2, 0.25) is 15.0 Å². The molecule has 0 aliphatic carbocycles. The normalized spacial score (nSPS) is 16.0. The van der Waals surface area contributed by atoms with Gasteiger partial charge in [-0.1, -0.05) is 36.4 Å². The molecular weight excluding hydrogens is 457 g/mol. The van der Waals surface area contributed by atoms with Crippen molar-refractivity contribution in [2.45, 2.75) is 49.9 Å². The lowest BCUT2D eigenvalue weighted by molar-refractivity contribution is 0.0741. The fourth-order valence-electron chi connectivity index (χ4n) is 4.14. The average Bonchev–Trinajstić information content (AvgIpc) is 3.48. The van der Waals surface area contributed by atoms with Crippen LogP contribution in [-0.2, 0) is 33.4 Å². The molecule has 3 aromatic rings. The monoisotopic (exact) mass is 485 g/mol. The standard InChI is InChI=1S/C25H28FN3O4S/c1-2-28(24(30)20-10-6-11-21(26)14-20)16-22-15-27-25(29(22)17-23-12-7-13-33-23)34(31,32)18-19-8-4-3-5-9-19/h3-6,8-11,14-15,23H,2,7,12-13,16-18H2,1H3/t23-/m1/s1. The fourth-order valence-corrected chi connectivity index (χ4v) is 5.64. The molecule has 4 rings (SSSR count). The number of ether oxygens (including phenoxy) is 1. The van der Waals surface area contributed by atoms with E-state index in [4.69, 9.17) is 4.74 Å². The molecule has 1 aliphatic heterocycles. The molecule has 180 valence electrons. The van der Waals surface area contributed by atoms with Crippen molar-refractivity contribution in [1.29, 1.82) is 0 Å². The lowest BCUT2D eigenvalue weighted by Gasteiger charge is -2.23. The molecule has 1 atom stereocenters. The van der Waals surface area contributed by atoms with Gasteiger partial charge in [-0.25, -0.2) is 17.8 Å². The van der Waals surface area contributed by atoms with Crippen LogP contribution in [-0.4, -0.2) is 48.0 Å². The van der Waals surface area contributed by atoms with Gasteiger partial charge in [0.15, 0.2) is 0 Å². The Morgan fingerprint density at radius 2 is 2.00 bits per heavy atom. The molecule has 1 fully saturated rings. The number of halogens is 1. The van der Waals surface area contributed by atoms with E-state index >= 15 is 0 Å². The summed E-state index contributed by atoms with van der Waals surface area (Å²) in [4.78, 5) is 18.8. The molecule has 0 N–H and O–H groups in total. The van der Waals surface area contributed by atoms with Crippen LogP contribution in [0.4, 0.5) is 4.39 Å². The van der Waals surface area contributed by atoms with Gasteiger partial charge >= 0.3 is 0 Å². The van der Waals surface area contributed by atoms with Crippen LogP contribution in [0.1, 0.15) is 41.4 Å². The molecule has 7 nitrogen and oxygen atoms in total. The minimum absolute atomic E-state index is 0.0314. The third kappa shape index (κ3) is 5.53. The predicted octanol–water partition coefficient (Wildman–Crippen LogP) is 3.84. The highest BCUT2D eigenvalue weighted by atomic mass is 32.2. The Morgan fingerprint density at radius 1 is 1.21 bits per heavy atom. The van der Waals surface area contributed by atoms with Crippen molar-refractivity contribution in [1.82, 2.24) is 14.5 Å². The summed E-state index contributed by atoms with van der Waals surface area (Å²) in [7, 11) is -3.74. The number of hydrogen-bond acceptors (Lipinski definition) is 5. The molecule has 0 spiro atoms. The van der Waals surface area contributed by atoms with Crippen molar-refractivity contribution in [3.05, 3.63) is 83.4 Å². The maximum Gasteiger partial charge on any atom is 0.254 e. The zero-order valence-corrected chi connectivity index (χ0v) is 19.9. The van der Waals surface area contributed by atoms with E-state index in [-0.39, 0.29) is 35.0 Å². The summed E-state index contributed by atoms with van der Waals surface area (Å²) in [6.07, 6.45) is 3.14. The van der Waals surface area contributed by atoms with E-state index in [1.807, 2.05) is 13.0 Å². The number of carbonyl (C=O) groups is 1. The van der Waals surface area contributed by atoms with E-state index in [0.717, 1.165) is 12.8 Å². The topological polar surface area (TPSA) is 81.5 Å². The summed E-state index contributed by atoms with van der Waals surface area (Å²) in [5.41, 5.74) is 1.50. The molecule has 0 bridgehead atoms. The van der Waals surface area contributed by atoms with Crippen LogP contribution in [0.2, 0.25) is 0 Å². The van der Waals surface area contributed by atoms with Crippen LogP contribution in [0.3, 0.4) is 0 Å². The highest BCUT2D eigenvalue weighted by Gasteiger charge is 2.28. The molecular formula is C25H28FN3O4S. The van der Waals surface area contributed by atoms with E-state index < -0.39 is 15.7 Å². The number of amides is 1. The number of nitrogens with zero attached hydrogens (tertiary/aromatic N) is 3. The van der Waals surface area contributed by atoms with Gasteiger partial charge in [0.25, 0.3) is 5.91 Å². The first-order valence-corrected chi connectivity index (χ1v) is 13.0. The molecule has 34 heavy (non-hydrogen) atoms. The highest BCUT2D eigenvalue weighted by molar-refractivity contribution is 7.90. The van der Waals surface area contributed by atoms with E-state index in [0.29, 0.717) is 31.0 Å². The second-order valence-electron chi connectivity index (χ2n) is 8.35. The van der Waals surface area contributed by atoms with Crippen LogP contribution < -0.4 is 0 Å². The van der Waals surface area contributed by atoms with E-state index in [2.05, 4.69) is 4.98 Å². The van der Waals surface area contributed by atoms with Gasteiger partial charge in [0, 0.05) is 18.7 Å². The van der Waals surface area contributed by atoms with Gasteiger partial charge in [-0.2, -0.15) is 0 Å². The Bertz CT molecular complexity index is 1240. The molecule has 2 aromatic carbocycles. The number of benzene rings is 2. The first-order valence-electron chi connectivity index (χ1n) is 11.3. The van der Waals surface area contributed by atoms with E-state index in [1.54, 1.807) is 39.8 Å². The van der Waals surface area contributed by atoms with Crippen molar-refractivity contribution in [2.24, 2.45) is 0 Å². The summed E-state index contributed by atoms with van der Waals surface area (Å²) in [5.74, 6) is -0.990. The largest absolute Gasteiger partial charge is 0.376 e. The first-order chi connectivity index (χ1) is 16.4. The van der Waals surface area contributed by atoms with Crippen molar-refractivity contribution < 1.29 is 22.3 Å². The zero-order valence-electron chi connectivity index (χ0n) is 19.1. The predicted molar refractivity (Wildman–Crippen MR) is 125 cm³/mol. The minimum Gasteiger partial charge on any atom is -0.376 e. The van der Waals surface area contributed by atoms with Crippen LogP contribution in [0.5, 0.6) is 0 Å². The van der Waals surface area contributed by atoms with Gasteiger partial charge in [-0.15, -0.1) is 0 Å². The number of aromatic nitrogens is 2. The number of carbonyl (C=O) groups excluding carboxylic acids is 1. The molecule has 1 saturated heterocycles. The third-order valence-corrected chi connectivity index (χ3v) is 7.48. The van der Waals surface area contributed by atoms with Crippen molar-refractivity contribution in [3.63, 3.8) is 0 Å². The van der Waals surface area contributed by atoms with Crippen LogP contribution in [0, 0.1) is 5.82 Å². The Balaban J connectivity index is 1.65. The molecule has 0 saturated carbocycles. The average molecular weight is 486 g/mol. The maximum absolute atomic E-state index is 13.7. The van der Waals surface area contributed by atoms with E-state index in [1.165, 1.54) is 24.4 Å². The number of hydrogen-bond donors (Lipinski definition) is 0. The van der Waals surface area contributed by atoms with Crippen molar-refractivity contribution in [2.75, 3.05) is 13.2 Å². The Kier molecular flexibility index (Phi) is 7.43. The molecule has 0 radical (unpaired) electrons. The lowest BCUT2D eigenvalue weighted by atomic mass is 10.2. The quantitative estimate of drug-likeness (QED) is 0.460. The highest BCUT2D eigenvalue weighted by Crippen LogP contribution is 2.23. The van der Waals surface area contributed by atoms with Gasteiger partial charge in [-0.3, -0.25) is 4.79 Å². The van der Waals surface area contributed by atoms with Crippen LogP contribution in [0.15, 0.2) is 66.0 Å². The first kappa shape index (κ1) is 24.1. The molecule has 1 aromatic heterocycles. The van der Waals surface area contributed by atoms with E-state index in [9.17, 15) is 17.6 Å². The molecule has 1 aliphatic rings. The Hall–Kier alpha value is -3.04. The number of sulfone groups is 1. The van der Waals surface area contributed by atoms with Crippen molar-refractivity contribution in [3.8, 4) is 0 Å². The Morgan fingerprint density at radius 3 is 2.68 bits per heavy atom. The van der Waals surface area contributed by atoms with Gasteiger partial charge < -0.3 is 14.2 Å². The second-order valence-corrected chi connectivity index (χ2v) is 10.2. The second kappa shape index (κ2) is 10.5. The van der Waals surface area contributed by atoms with Crippen LogP contribution in [0.25, 0.3) is 0 Å². The maximum atomic E-state index is 13.7. The zero-order chi connectivity index (χ0) is 24.1. The molecule has 2 heterocycles. The summed E-state index contributed by atoms with van der Waals surface area (Å²) in [6, 6.07) is 14.5. The smallest absolute Gasteiger partial charge is 0.254 e. The minimum atomic E-state index is -3.74. The summed E-state index contributed by atoms with van der Waals surface area (Å²) in [6.45, 7) is 3.31. The van der Waals surface area contributed by atoms with Gasteiger partial charge in [-0.05, 0) is 43.5 Å². The summed E-state index contributed by atoms with van der Waals surface area (Å²) < 4.78 is 47.7. The van der Waals surface area contributed by atoms with Gasteiger partial charge in [0.05, 0.1) is 36.8 Å². The fraction of sp³-hybridized carbons (Fsp3) is 0.360. The third-order valence-electron chi connectivity index (χ3n) is 5.88. The summed E-state index contributed by atoms with van der Waals surface area (Å²) >= 11 is 0. The molecule has 0 unspecified atom stereocenters. The number of imidazole rings is 1. The molecule has 1 amide bonds. The van der Waals surface area contributed by atoms with Crippen LogP contribution >= 0.6 is 0 Å².